The number of nitrogens with one attached hydrogen (secondary N) is 1. The lowest BCUT2D eigenvalue weighted by Gasteiger charge is -2.32. The summed E-state index contributed by atoms with van der Waals surface area (Å²) in [5, 5.41) is 2.61. The first-order chi connectivity index (χ1) is 11.4. The van der Waals surface area contributed by atoms with E-state index in [9.17, 15) is 18.0 Å². The van der Waals surface area contributed by atoms with Gasteiger partial charge in [-0.2, -0.15) is 0 Å². The summed E-state index contributed by atoms with van der Waals surface area (Å²) in [6.07, 6.45) is 1.42. The third-order valence-corrected chi connectivity index (χ3v) is 4.46. The minimum atomic E-state index is -1.53. The van der Waals surface area contributed by atoms with Gasteiger partial charge in [-0.1, -0.05) is 6.08 Å². The molecule has 4 nitrogen and oxygen atoms in total. The van der Waals surface area contributed by atoms with E-state index in [0.717, 1.165) is 12.1 Å². The summed E-state index contributed by atoms with van der Waals surface area (Å²) < 4.78 is 51.9. The summed E-state index contributed by atoms with van der Waals surface area (Å²) in [6, 6.07) is 1.74. The van der Waals surface area contributed by atoms with Gasteiger partial charge < -0.3 is 14.6 Å². The van der Waals surface area contributed by atoms with Gasteiger partial charge in [0.15, 0.2) is 17.5 Å². The van der Waals surface area contributed by atoms with Crippen molar-refractivity contribution in [3.05, 3.63) is 40.6 Å². The number of hydrogen-bond acceptors (Lipinski definition) is 3. The molecule has 1 aliphatic rings. The van der Waals surface area contributed by atoms with E-state index in [0.29, 0.717) is 5.47 Å². The summed E-state index contributed by atoms with van der Waals surface area (Å²) in [4.78, 5) is 11.2. The molecule has 1 aromatic carbocycles. The van der Waals surface area contributed by atoms with Gasteiger partial charge in [0, 0.05) is 13.5 Å². The average molecular weight is 355 g/mol. The summed E-state index contributed by atoms with van der Waals surface area (Å²) in [7, 11) is -0.812. The van der Waals surface area contributed by atoms with Crippen molar-refractivity contribution >= 4 is 19.1 Å². The first kappa shape index (κ1) is 19.5. The normalized spacial score (nSPS) is 19.2. The second kappa shape index (κ2) is 6.84. The molecule has 0 saturated carbocycles. The number of carbonyl (C=O) groups is 1. The summed E-state index contributed by atoms with van der Waals surface area (Å²) in [5.74, 6) is -4.40. The molecule has 0 unspecified atom stereocenters. The van der Waals surface area contributed by atoms with Crippen LogP contribution < -0.4 is 5.32 Å². The Morgan fingerprint density at radius 1 is 1.12 bits per heavy atom. The van der Waals surface area contributed by atoms with Crippen LogP contribution in [0.1, 0.15) is 40.2 Å². The summed E-state index contributed by atoms with van der Waals surface area (Å²) in [5.41, 5.74) is -0.677. The number of amides is 1. The number of carbonyl (C=O) groups excluding carboxylic acids is 1. The first-order valence-electron chi connectivity index (χ1n) is 7.88. The van der Waals surface area contributed by atoms with E-state index in [2.05, 4.69) is 5.32 Å². The molecule has 1 heterocycles. The van der Waals surface area contributed by atoms with Crippen LogP contribution >= 0.6 is 0 Å². The van der Waals surface area contributed by atoms with Crippen LogP contribution in [-0.2, 0) is 14.1 Å². The fourth-order valence-corrected chi connectivity index (χ4v) is 2.30. The Bertz CT molecular complexity index is 680. The highest BCUT2D eigenvalue weighted by Gasteiger charge is 2.52. The van der Waals surface area contributed by atoms with Crippen LogP contribution in [0.15, 0.2) is 17.6 Å². The summed E-state index contributed by atoms with van der Waals surface area (Å²) in [6.45, 7) is 8.85. The molecule has 0 radical (unpaired) electrons. The van der Waals surface area contributed by atoms with E-state index in [1.165, 1.54) is 13.0 Å². The van der Waals surface area contributed by atoms with Crippen molar-refractivity contribution in [1.29, 1.82) is 0 Å². The van der Waals surface area contributed by atoms with Crippen molar-refractivity contribution in [2.24, 2.45) is 0 Å². The molecule has 0 bridgehead atoms. The van der Waals surface area contributed by atoms with Crippen molar-refractivity contribution in [2.45, 2.75) is 45.8 Å². The molecule has 0 aromatic heterocycles. The standard InChI is InChI=1S/C17H21BF3NO3/c1-10(23)22-9-12(18-24-16(2,3)17(4,5)25-18)6-11-7-13(19)15(21)14(20)8-11/h6-8H,9H2,1-5H3,(H,22,23). The van der Waals surface area contributed by atoms with E-state index in [1.807, 2.05) is 27.7 Å². The molecule has 0 atom stereocenters. The van der Waals surface area contributed by atoms with Gasteiger partial charge in [-0.05, 0) is 50.9 Å². The third kappa shape index (κ3) is 4.25. The monoisotopic (exact) mass is 355 g/mol. The highest BCUT2D eigenvalue weighted by atomic mass is 19.2. The number of benzene rings is 1. The van der Waals surface area contributed by atoms with Gasteiger partial charge in [0.2, 0.25) is 5.91 Å². The van der Waals surface area contributed by atoms with Crippen molar-refractivity contribution in [2.75, 3.05) is 6.54 Å². The Balaban J connectivity index is 2.38. The lowest BCUT2D eigenvalue weighted by atomic mass is 9.77. The van der Waals surface area contributed by atoms with Crippen LogP contribution in [0, 0.1) is 17.5 Å². The molecule has 0 aliphatic carbocycles. The highest BCUT2D eigenvalue weighted by Crippen LogP contribution is 2.38. The SMILES string of the molecule is CC(=O)NCC(=Cc1cc(F)c(F)c(F)c1)B1OC(C)(C)C(C)(C)O1. The van der Waals surface area contributed by atoms with Crippen molar-refractivity contribution in [1.82, 2.24) is 5.32 Å². The fourth-order valence-electron chi connectivity index (χ4n) is 2.30. The fraction of sp³-hybridized carbons (Fsp3) is 0.471. The van der Waals surface area contributed by atoms with Crippen LogP contribution in [0.25, 0.3) is 6.08 Å². The molecular weight excluding hydrogens is 334 g/mol. The molecule has 2 rings (SSSR count). The Hall–Kier alpha value is -1.80. The smallest absolute Gasteiger partial charge is 0.400 e. The number of hydrogen-bond donors (Lipinski definition) is 1. The van der Waals surface area contributed by atoms with E-state index in [4.69, 9.17) is 9.31 Å². The van der Waals surface area contributed by atoms with Crippen molar-refractivity contribution in [3.8, 4) is 0 Å². The molecule has 8 heteroatoms. The topological polar surface area (TPSA) is 47.6 Å². The lowest BCUT2D eigenvalue weighted by Crippen LogP contribution is -2.41. The predicted molar refractivity (Wildman–Crippen MR) is 89.1 cm³/mol. The maximum absolute atomic E-state index is 13.5. The van der Waals surface area contributed by atoms with E-state index < -0.39 is 35.8 Å². The lowest BCUT2D eigenvalue weighted by molar-refractivity contribution is -0.118. The minimum Gasteiger partial charge on any atom is -0.400 e. The molecule has 136 valence electrons. The quantitative estimate of drug-likeness (QED) is 0.666. The van der Waals surface area contributed by atoms with Crippen LogP contribution in [0.4, 0.5) is 13.2 Å². The molecular formula is C17H21BF3NO3. The van der Waals surface area contributed by atoms with Gasteiger partial charge in [0.1, 0.15) is 0 Å². The Morgan fingerprint density at radius 3 is 2.04 bits per heavy atom. The van der Waals surface area contributed by atoms with E-state index >= 15 is 0 Å². The Kier molecular flexibility index (Phi) is 5.34. The molecule has 1 aliphatic heterocycles. The Labute approximate surface area is 145 Å². The van der Waals surface area contributed by atoms with Gasteiger partial charge in [-0.3, -0.25) is 4.79 Å². The molecule has 1 fully saturated rings. The second-order valence-electron chi connectivity index (χ2n) is 7.02. The van der Waals surface area contributed by atoms with Crippen LogP contribution in [0.2, 0.25) is 0 Å². The van der Waals surface area contributed by atoms with Crippen LogP contribution in [0.5, 0.6) is 0 Å². The van der Waals surface area contributed by atoms with Gasteiger partial charge in [-0.15, -0.1) is 0 Å². The maximum atomic E-state index is 13.5. The van der Waals surface area contributed by atoms with Crippen LogP contribution in [0.3, 0.4) is 0 Å². The molecule has 1 N–H and O–H groups in total. The average Bonchev–Trinajstić information content (AvgIpc) is 2.68. The zero-order chi connectivity index (χ0) is 19.0. The van der Waals surface area contributed by atoms with E-state index in [-0.39, 0.29) is 18.0 Å². The van der Waals surface area contributed by atoms with Gasteiger partial charge in [0.05, 0.1) is 11.2 Å². The second-order valence-corrected chi connectivity index (χ2v) is 7.02. The predicted octanol–water partition coefficient (Wildman–Crippen LogP) is 3.25. The zero-order valence-corrected chi connectivity index (χ0v) is 14.9. The largest absolute Gasteiger partial charge is 0.492 e. The third-order valence-electron chi connectivity index (χ3n) is 4.46. The first-order valence-corrected chi connectivity index (χ1v) is 7.88. The number of halogens is 3. The Morgan fingerprint density at radius 2 is 1.60 bits per heavy atom. The minimum absolute atomic E-state index is 0.0623. The van der Waals surface area contributed by atoms with Crippen LogP contribution in [-0.4, -0.2) is 30.8 Å². The molecule has 1 saturated heterocycles. The molecule has 1 amide bonds. The van der Waals surface area contributed by atoms with Crippen molar-refractivity contribution < 1.29 is 27.3 Å². The molecule has 25 heavy (non-hydrogen) atoms. The van der Waals surface area contributed by atoms with Gasteiger partial charge >= 0.3 is 7.12 Å². The van der Waals surface area contributed by atoms with Gasteiger partial charge in [0.25, 0.3) is 0 Å². The maximum Gasteiger partial charge on any atom is 0.492 e. The van der Waals surface area contributed by atoms with Crippen molar-refractivity contribution in [3.63, 3.8) is 0 Å². The zero-order valence-electron chi connectivity index (χ0n) is 14.9. The molecule has 0 spiro atoms. The number of rotatable bonds is 4. The highest BCUT2D eigenvalue weighted by molar-refractivity contribution is 6.56. The van der Waals surface area contributed by atoms with Gasteiger partial charge in [-0.25, -0.2) is 13.2 Å². The van der Waals surface area contributed by atoms with E-state index in [1.54, 1.807) is 0 Å². The summed E-state index contributed by atoms with van der Waals surface area (Å²) >= 11 is 0. The molecule has 1 aromatic rings.